The van der Waals surface area contributed by atoms with Gasteiger partial charge in [0.25, 0.3) is 0 Å². The number of nitrogens with zero attached hydrogens (tertiary/aromatic N) is 1. The van der Waals surface area contributed by atoms with Gasteiger partial charge in [0.1, 0.15) is 0 Å². The lowest BCUT2D eigenvalue weighted by molar-refractivity contribution is -0.136. The highest BCUT2D eigenvalue weighted by molar-refractivity contribution is 5.76. The van der Waals surface area contributed by atoms with Crippen molar-refractivity contribution in [1.29, 1.82) is 0 Å². The third-order valence-electron chi connectivity index (χ3n) is 3.08. The number of carbonyl (C=O) groups is 2. The van der Waals surface area contributed by atoms with Crippen molar-refractivity contribution in [2.24, 2.45) is 0 Å². The number of urea groups is 1. The average Bonchev–Trinajstić information content (AvgIpc) is 2.28. The Morgan fingerprint density at radius 3 is 2.61 bits per heavy atom. The average molecular weight is 248 g/mol. The van der Waals surface area contributed by atoms with Crippen LogP contribution in [0.3, 0.4) is 0 Å². The maximum absolute atomic E-state index is 11.8. The first-order chi connectivity index (χ1) is 8.68. The van der Waals surface area contributed by atoms with Crippen LogP contribution in [-0.4, -0.2) is 35.1 Å². The number of rotatable bonds is 4. The molecule has 5 nitrogen and oxygen atoms in total. The zero-order valence-electron chi connectivity index (χ0n) is 10.0. The Hall–Kier alpha value is -2.04. The zero-order chi connectivity index (χ0) is 13.0. The first kappa shape index (κ1) is 12.4. The molecule has 0 radical (unpaired) electrons. The number of carboxylic acid groups (broad SMARTS) is 1. The summed E-state index contributed by atoms with van der Waals surface area (Å²) in [6, 6.07) is 9.79. The molecule has 1 unspecified atom stereocenters. The molecule has 1 aliphatic heterocycles. The summed E-state index contributed by atoms with van der Waals surface area (Å²) in [5.74, 6) is -0.904. The Kier molecular flexibility index (Phi) is 3.82. The fraction of sp³-hybridized carbons (Fsp3) is 0.385. The van der Waals surface area contributed by atoms with Crippen LogP contribution in [0, 0.1) is 0 Å². The van der Waals surface area contributed by atoms with Gasteiger partial charge in [-0.15, -0.1) is 0 Å². The number of likely N-dealkylation sites (tertiary alicyclic amines) is 1. The molecule has 1 atom stereocenters. The number of carbonyl (C=O) groups excluding carboxylic acids is 1. The van der Waals surface area contributed by atoms with Crippen molar-refractivity contribution < 1.29 is 14.7 Å². The summed E-state index contributed by atoms with van der Waals surface area (Å²) >= 11 is 0. The molecule has 0 spiro atoms. The lowest BCUT2D eigenvalue weighted by Gasteiger charge is -2.41. The monoisotopic (exact) mass is 248 g/mol. The molecule has 2 amide bonds. The number of hydrogen-bond acceptors (Lipinski definition) is 2. The summed E-state index contributed by atoms with van der Waals surface area (Å²) < 4.78 is 0. The molecule has 1 heterocycles. The third kappa shape index (κ3) is 2.80. The van der Waals surface area contributed by atoms with Crippen molar-refractivity contribution in [2.45, 2.75) is 18.9 Å². The maximum atomic E-state index is 11.8. The highest BCUT2D eigenvalue weighted by Gasteiger charge is 2.32. The topological polar surface area (TPSA) is 69.6 Å². The molecule has 0 aliphatic carbocycles. The molecule has 1 saturated heterocycles. The van der Waals surface area contributed by atoms with Gasteiger partial charge in [-0.1, -0.05) is 30.3 Å². The smallest absolute Gasteiger partial charge is 0.317 e. The van der Waals surface area contributed by atoms with Gasteiger partial charge in [0.05, 0.1) is 12.5 Å². The molecule has 0 bridgehead atoms. The van der Waals surface area contributed by atoms with Crippen LogP contribution in [0.2, 0.25) is 0 Å². The molecule has 0 saturated carbocycles. The number of benzene rings is 1. The summed E-state index contributed by atoms with van der Waals surface area (Å²) in [6.45, 7) is 0.893. The van der Waals surface area contributed by atoms with Crippen LogP contribution in [0.15, 0.2) is 30.3 Å². The maximum Gasteiger partial charge on any atom is 0.317 e. The fourth-order valence-corrected chi connectivity index (χ4v) is 2.03. The molecule has 96 valence electrons. The van der Waals surface area contributed by atoms with Gasteiger partial charge in [-0.3, -0.25) is 4.79 Å². The summed E-state index contributed by atoms with van der Waals surface area (Å²) in [5, 5.41) is 11.1. The van der Waals surface area contributed by atoms with E-state index in [2.05, 4.69) is 5.32 Å². The highest BCUT2D eigenvalue weighted by atomic mass is 16.4. The van der Waals surface area contributed by atoms with E-state index in [1.165, 1.54) is 0 Å². The molecular formula is C13H16N2O3. The molecule has 5 heteroatoms. The van der Waals surface area contributed by atoms with Gasteiger partial charge in [-0.05, 0) is 12.0 Å². The van der Waals surface area contributed by atoms with Crippen molar-refractivity contribution in [3.8, 4) is 0 Å². The fourth-order valence-electron chi connectivity index (χ4n) is 2.03. The number of aliphatic carboxylic acids is 1. The standard InChI is InChI=1S/C13H16N2O3/c16-12(17)6-8-14-13(18)15-9-7-11(15)10-4-2-1-3-5-10/h1-5,11H,6-9H2,(H,14,18)(H,16,17). The van der Waals surface area contributed by atoms with Crippen LogP contribution < -0.4 is 5.32 Å². The first-order valence-electron chi connectivity index (χ1n) is 5.99. The van der Waals surface area contributed by atoms with Gasteiger partial charge in [0.15, 0.2) is 0 Å². The van der Waals surface area contributed by atoms with Crippen molar-refractivity contribution in [1.82, 2.24) is 10.2 Å². The van der Waals surface area contributed by atoms with E-state index in [4.69, 9.17) is 5.11 Å². The second-order valence-corrected chi connectivity index (χ2v) is 4.28. The van der Waals surface area contributed by atoms with Crippen LogP contribution >= 0.6 is 0 Å². The molecule has 18 heavy (non-hydrogen) atoms. The minimum atomic E-state index is -0.904. The van der Waals surface area contributed by atoms with Crippen molar-refractivity contribution >= 4 is 12.0 Å². The van der Waals surface area contributed by atoms with E-state index < -0.39 is 5.97 Å². The minimum Gasteiger partial charge on any atom is -0.481 e. The van der Waals surface area contributed by atoms with E-state index in [1.54, 1.807) is 4.90 Å². The van der Waals surface area contributed by atoms with Gasteiger partial charge in [-0.25, -0.2) is 4.79 Å². The Morgan fingerprint density at radius 2 is 2.06 bits per heavy atom. The second kappa shape index (κ2) is 5.53. The Bertz CT molecular complexity index is 433. The lowest BCUT2D eigenvalue weighted by Crippen LogP contribution is -2.50. The quantitative estimate of drug-likeness (QED) is 0.850. The molecule has 1 aliphatic rings. The van der Waals surface area contributed by atoms with E-state index >= 15 is 0 Å². The Morgan fingerprint density at radius 1 is 1.33 bits per heavy atom. The predicted octanol–water partition coefficient (Wildman–Crippen LogP) is 1.62. The van der Waals surface area contributed by atoms with Crippen LogP contribution in [0.4, 0.5) is 4.79 Å². The van der Waals surface area contributed by atoms with Crippen LogP contribution in [0.25, 0.3) is 0 Å². The second-order valence-electron chi connectivity index (χ2n) is 4.28. The third-order valence-corrected chi connectivity index (χ3v) is 3.08. The summed E-state index contributed by atoms with van der Waals surface area (Å²) in [6.07, 6.45) is 0.909. The predicted molar refractivity (Wildman–Crippen MR) is 66.2 cm³/mol. The highest BCUT2D eigenvalue weighted by Crippen LogP contribution is 2.32. The van der Waals surface area contributed by atoms with Gasteiger partial charge < -0.3 is 15.3 Å². The number of amides is 2. The summed E-state index contributed by atoms with van der Waals surface area (Å²) in [5.41, 5.74) is 1.12. The molecule has 2 rings (SSSR count). The number of nitrogens with one attached hydrogen (secondary N) is 1. The Balaban J connectivity index is 1.86. The molecule has 0 aromatic heterocycles. The molecule has 1 aromatic rings. The van der Waals surface area contributed by atoms with Gasteiger partial charge >= 0.3 is 12.0 Å². The summed E-state index contributed by atoms with van der Waals surface area (Å²) in [7, 11) is 0. The van der Waals surface area contributed by atoms with Crippen molar-refractivity contribution in [3.63, 3.8) is 0 Å². The van der Waals surface area contributed by atoms with E-state index in [9.17, 15) is 9.59 Å². The zero-order valence-corrected chi connectivity index (χ0v) is 10.0. The Labute approximate surface area is 105 Å². The molecule has 1 fully saturated rings. The van der Waals surface area contributed by atoms with Gasteiger partial charge in [-0.2, -0.15) is 0 Å². The van der Waals surface area contributed by atoms with Crippen molar-refractivity contribution in [3.05, 3.63) is 35.9 Å². The van der Waals surface area contributed by atoms with Crippen LogP contribution in [0.5, 0.6) is 0 Å². The normalized spacial score (nSPS) is 18.0. The van der Waals surface area contributed by atoms with Gasteiger partial charge in [0, 0.05) is 13.1 Å². The number of carboxylic acids is 1. The lowest BCUT2D eigenvalue weighted by atomic mass is 9.95. The molecule has 1 aromatic carbocycles. The molecular weight excluding hydrogens is 232 g/mol. The molecule has 2 N–H and O–H groups in total. The van der Waals surface area contributed by atoms with Crippen molar-refractivity contribution in [2.75, 3.05) is 13.1 Å². The van der Waals surface area contributed by atoms with E-state index in [-0.39, 0.29) is 25.0 Å². The van der Waals surface area contributed by atoms with Crippen LogP contribution in [0.1, 0.15) is 24.4 Å². The van der Waals surface area contributed by atoms with E-state index in [1.807, 2.05) is 30.3 Å². The van der Waals surface area contributed by atoms with E-state index in [0.717, 1.165) is 18.5 Å². The first-order valence-corrected chi connectivity index (χ1v) is 5.99. The largest absolute Gasteiger partial charge is 0.481 e. The SMILES string of the molecule is O=C(O)CCNC(=O)N1CCC1c1ccccc1. The van der Waals surface area contributed by atoms with Gasteiger partial charge in [0.2, 0.25) is 0 Å². The van der Waals surface area contributed by atoms with Crippen LogP contribution in [-0.2, 0) is 4.79 Å². The number of hydrogen-bond donors (Lipinski definition) is 2. The minimum absolute atomic E-state index is 0.0460. The summed E-state index contributed by atoms with van der Waals surface area (Å²) in [4.78, 5) is 23.9. The van der Waals surface area contributed by atoms with E-state index in [0.29, 0.717) is 0 Å².